The van der Waals surface area contributed by atoms with Crippen LogP contribution in [0.4, 0.5) is 0 Å². The number of aromatic nitrogens is 1. The average Bonchev–Trinajstić information content (AvgIpc) is 3.11. The zero-order valence-corrected chi connectivity index (χ0v) is 13.1. The molecule has 2 atom stereocenters. The third kappa shape index (κ3) is 1.98. The summed E-state index contributed by atoms with van der Waals surface area (Å²) in [4.78, 5) is 5.13. The second kappa shape index (κ2) is 4.78. The van der Waals surface area contributed by atoms with Crippen molar-refractivity contribution in [3.05, 3.63) is 62.8 Å². The summed E-state index contributed by atoms with van der Waals surface area (Å²) in [6, 6.07) is 10.9. The van der Waals surface area contributed by atoms with Crippen molar-refractivity contribution in [3.63, 3.8) is 0 Å². The molecule has 0 aliphatic heterocycles. The molecular weight excluding hydrogens is 354 g/mol. The van der Waals surface area contributed by atoms with Crippen LogP contribution in [0.5, 0.6) is 0 Å². The first kappa shape index (κ1) is 13.2. The number of aliphatic hydroxyl groups is 2. The molecule has 1 aliphatic carbocycles. The molecule has 1 aliphatic rings. The largest absolute Gasteiger partial charge is 0.447 e. The number of aliphatic hydroxyl groups excluding tert-OH is 2. The zero-order valence-electron chi connectivity index (χ0n) is 10.7. The van der Waals surface area contributed by atoms with Gasteiger partial charge in [-0.25, -0.2) is 4.98 Å². The van der Waals surface area contributed by atoms with Crippen molar-refractivity contribution in [2.45, 2.75) is 12.2 Å². The maximum Gasteiger partial charge on any atom is 0.170 e. The van der Waals surface area contributed by atoms with Crippen LogP contribution in [0.25, 0.3) is 10.8 Å². The first-order valence-electron chi connectivity index (χ1n) is 6.36. The number of halogens is 1. The van der Waals surface area contributed by atoms with E-state index in [1.54, 1.807) is 12.1 Å². The van der Waals surface area contributed by atoms with Crippen LogP contribution in [0.2, 0.25) is 0 Å². The predicted octanol–water partition coefficient (Wildman–Crippen LogP) is 3.64. The summed E-state index contributed by atoms with van der Waals surface area (Å²) in [5, 5.41) is 21.7. The Kier molecular flexibility index (Phi) is 3.00. The molecule has 21 heavy (non-hydrogen) atoms. The number of nitrogens with zero attached hydrogens (tertiary/aromatic N) is 1. The lowest BCUT2D eigenvalue weighted by Crippen LogP contribution is -2.16. The Morgan fingerprint density at radius 2 is 1.76 bits per heavy atom. The normalized spacial score (nSPS) is 20.1. The summed E-state index contributed by atoms with van der Waals surface area (Å²) < 4.78 is 6.12. The molecule has 2 heterocycles. The van der Waals surface area contributed by atoms with Crippen molar-refractivity contribution in [2.75, 3.05) is 0 Å². The van der Waals surface area contributed by atoms with Gasteiger partial charge in [0.25, 0.3) is 0 Å². The van der Waals surface area contributed by atoms with Crippen LogP contribution < -0.4 is 0 Å². The Bertz CT molecular complexity index is 779. The van der Waals surface area contributed by atoms with Gasteiger partial charge in [0.1, 0.15) is 12.2 Å². The monoisotopic (exact) mass is 363 g/mol. The highest BCUT2D eigenvalue weighted by Crippen LogP contribution is 2.45. The van der Waals surface area contributed by atoms with Gasteiger partial charge in [0.15, 0.2) is 15.4 Å². The number of rotatable bonds is 1. The third-order valence-corrected chi connectivity index (χ3v) is 5.12. The average molecular weight is 364 g/mol. The molecule has 0 saturated carbocycles. The maximum absolute atomic E-state index is 10.5. The number of benzene rings is 1. The highest BCUT2D eigenvalue weighted by Gasteiger charge is 2.34. The summed E-state index contributed by atoms with van der Waals surface area (Å²) in [6.07, 6.45) is -1.58. The van der Waals surface area contributed by atoms with E-state index in [4.69, 9.17) is 4.42 Å². The smallest absolute Gasteiger partial charge is 0.170 e. The van der Waals surface area contributed by atoms with E-state index in [2.05, 4.69) is 20.9 Å². The molecule has 0 fully saturated rings. The van der Waals surface area contributed by atoms with Gasteiger partial charge in [0.2, 0.25) is 0 Å². The molecule has 0 spiro atoms. The molecule has 0 bridgehead atoms. The van der Waals surface area contributed by atoms with Gasteiger partial charge in [-0.05, 0) is 39.2 Å². The molecule has 2 N–H and O–H groups in total. The summed E-state index contributed by atoms with van der Waals surface area (Å²) in [5.74, 6) is 0.615. The number of thiazole rings is 1. The fraction of sp³-hybridized carbons (Fsp3) is 0.133. The standard InChI is InChI=1S/C15H10BrNO3S/c16-10-6-5-9(20-10)15-17-11-12(18)7-3-1-2-4-8(7)13(19)14(11)21-15/h1-6,12-13,18-19H. The maximum atomic E-state index is 10.5. The molecule has 0 radical (unpaired) electrons. The SMILES string of the molecule is OC1c2ccccc2C(O)c2sc(-c3ccc(Br)o3)nc21. The summed E-state index contributed by atoms with van der Waals surface area (Å²) in [7, 11) is 0. The van der Waals surface area contributed by atoms with E-state index >= 15 is 0 Å². The molecule has 106 valence electrons. The van der Waals surface area contributed by atoms with E-state index in [-0.39, 0.29) is 0 Å². The van der Waals surface area contributed by atoms with Gasteiger partial charge in [-0.2, -0.15) is 0 Å². The summed E-state index contributed by atoms with van der Waals surface area (Å²) in [5.41, 5.74) is 1.94. The molecule has 0 saturated heterocycles. The molecule has 1 aromatic carbocycles. The Labute approximate surface area is 132 Å². The van der Waals surface area contributed by atoms with Gasteiger partial charge < -0.3 is 14.6 Å². The predicted molar refractivity (Wildman–Crippen MR) is 82.1 cm³/mol. The minimum absolute atomic E-state index is 0.508. The fourth-order valence-electron chi connectivity index (χ4n) is 2.57. The Morgan fingerprint density at radius 1 is 1.05 bits per heavy atom. The first-order chi connectivity index (χ1) is 10.1. The van der Waals surface area contributed by atoms with Crippen LogP contribution in [-0.4, -0.2) is 15.2 Å². The molecule has 6 heteroatoms. The van der Waals surface area contributed by atoms with E-state index in [0.29, 0.717) is 31.6 Å². The molecular formula is C15H10BrNO3S. The lowest BCUT2D eigenvalue weighted by atomic mass is 9.89. The van der Waals surface area contributed by atoms with Gasteiger partial charge in [-0.1, -0.05) is 24.3 Å². The van der Waals surface area contributed by atoms with E-state index < -0.39 is 12.2 Å². The number of hydrogen-bond acceptors (Lipinski definition) is 5. The second-order valence-electron chi connectivity index (χ2n) is 4.81. The van der Waals surface area contributed by atoms with E-state index in [0.717, 1.165) is 5.56 Å². The van der Waals surface area contributed by atoms with Crippen LogP contribution in [0.15, 0.2) is 45.5 Å². The number of furan rings is 1. The minimum Gasteiger partial charge on any atom is -0.447 e. The van der Waals surface area contributed by atoms with Crippen molar-refractivity contribution < 1.29 is 14.6 Å². The lowest BCUT2D eigenvalue weighted by molar-refractivity contribution is 0.173. The first-order valence-corrected chi connectivity index (χ1v) is 7.97. The van der Waals surface area contributed by atoms with E-state index in [1.165, 1.54) is 11.3 Å². The van der Waals surface area contributed by atoms with Gasteiger partial charge in [-0.15, -0.1) is 11.3 Å². The molecule has 0 amide bonds. The highest BCUT2D eigenvalue weighted by molar-refractivity contribution is 9.10. The van der Waals surface area contributed by atoms with Crippen LogP contribution in [0.1, 0.15) is 33.9 Å². The van der Waals surface area contributed by atoms with Crippen LogP contribution in [-0.2, 0) is 0 Å². The van der Waals surface area contributed by atoms with Crippen molar-refractivity contribution in [3.8, 4) is 10.8 Å². The van der Waals surface area contributed by atoms with Crippen molar-refractivity contribution in [2.24, 2.45) is 0 Å². The van der Waals surface area contributed by atoms with E-state index in [1.807, 2.05) is 24.3 Å². The van der Waals surface area contributed by atoms with Gasteiger partial charge in [-0.3, -0.25) is 0 Å². The zero-order chi connectivity index (χ0) is 14.6. The molecule has 4 rings (SSSR count). The van der Waals surface area contributed by atoms with E-state index in [9.17, 15) is 10.2 Å². The topological polar surface area (TPSA) is 66.5 Å². The van der Waals surface area contributed by atoms with Gasteiger partial charge in [0, 0.05) is 0 Å². The summed E-state index contributed by atoms with van der Waals surface area (Å²) >= 11 is 4.60. The molecule has 3 aromatic rings. The van der Waals surface area contributed by atoms with Gasteiger partial charge in [0.05, 0.1) is 10.6 Å². The number of fused-ring (bicyclic) bond motifs is 2. The number of hydrogen-bond donors (Lipinski definition) is 2. The third-order valence-electron chi connectivity index (χ3n) is 3.56. The van der Waals surface area contributed by atoms with Crippen LogP contribution >= 0.6 is 27.3 Å². The molecule has 2 unspecified atom stereocenters. The fourth-order valence-corrected chi connectivity index (χ4v) is 3.94. The van der Waals surface area contributed by atoms with Crippen molar-refractivity contribution in [1.82, 2.24) is 4.98 Å². The second-order valence-corrected chi connectivity index (χ2v) is 6.62. The Hall–Kier alpha value is -1.47. The molecule has 4 nitrogen and oxygen atoms in total. The molecule has 2 aromatic heterocycles. The highest BCUT2D eigenvalue weighted by atomic mass is 79.9. The van der Waals surface area contributed by atoms with Crippen molar-refractivity contribution in [1.29, 1.82) is 0 Å². The van der Waals surface area contributed by atoms with Crippen LogP contribution in [0, 0.1) is 0 Å². The Balaban J connectivity index is 1.87. The van der Waals surface area contributed by atoms with Gasteiger partial charge >= 0.3 is 0 Å². The summed E-state index contributed by atoms with van der Waals surface area (Å²) in [6.45, 7) is 0. The van der Waals surface area contributed by atoms with Crippen LogP contribution in [0.3, 0.4) is 0 Å². The van der Waals surface area contributed by atoms with Crippen molar-refractivity contribution >= 4 is 27.3 Å². The quantitative estimate of drug-likeness (QED) is 0.692. The minimum atomic E-state index is -0.817. The lowest BCUT2D eigenvalue weighted by Gasteiger charge is -2.24. The Morgan fingerprint density at radius 3 is 2.43 bits per heavy atom.